The number of aliphatic imine (C=N–C) groups is 1. The molecular formula is C16H13ClN2O2. The van der Waals surface area contributed by atoms with Gasteiger partial charge in [-0.2, -0.15) is 0 Å². The summed E-state index contributed by atoms with van der Waals surface area (Å²) in [6.45, 7) is 0. The van der Waals surface area contributed by atoms with Crippen LogP contribution in [0, 0.1) is 5.92 Å². The Bertz CT molecular complexity index is 717. The first-order valence-corrected chi connectivity index (χ1v) is 6.99. The number of rotatable bonds is 3. The third-order valence-corrected chi connectivity index (χ3v) is 3.74. The summed E-state index contributed by atoms with van der Waals surface area (Å²) in [7, 11) is 0. The van der Waals surface area contributed by atoms with Gasteiger partial charge in [0.05, 0.1) is 10.6 Å². The molecule has 0 fully saturated rings. The Hall–Kier alpha value is -2.20. The fourth-order valence-electron chi connectivity index (χ4n) is 2.51. The molecule has 21 heavy (non-hydrogen) atoms. The van der Waals surface area contributed by atoms with Crippen LogP contribution in [0.1, 0.15) is 22.5 Å². The number of pyridine rings is 1. The first kappa shape index (κ1) is 13.8. The van der Waals surface area contributed by atoms with Crippen LogP contribution in [-0.4, -0.2) is 22.3 Å². The molecule has 0 saturated carbocycles. The van der Waals surface area contributed by atoms with Crippen LogP contribution in [0.4, 0.5) is 0 Å². The van der Waals surface area contributed by atoms with Crippen LogP contribution in [0.2, 0.25) is 0 Å². The number of carboxylic acid groups (broad SMARTS) is 1. The number of aromatic nitrogens is 1. The Morgan fingerprint density at radius 1 is 1.43 bits per heavy atom. The van der Waals surface area contributed by atoms with Crippen molar-refractivity contribution in [3.05, 3.63) is 64.1 Å². The number of fused-ring (bicyclic) bond motifs is 1. The normalized spacial score (nSPS) is 20.2. The molecule has 1 aromatic rings. The van der Waals surface area contributed by atoms with Gasteiger partial charge >= 0.3 is 5.97 Å². The third-order valence-electron chi connectivity index (χ3n) is 3.52. The number of carboxylic acids is 1. The van der Waals surface area contributed by atoms with Crippen molar-refractivity contribution >= 4 is 23.8 Å². The van der Waals surface area contributed by atoms with Gasteiger partial charge in [0.2, 0.25) is 0 Å². The van der Waals surface area contributed by atoms with Crippen molar-refractivity contribution in [1.29, 1.82) is 0 Å². The fourth-order valence-corrected chi connectivity index (χ4v) is 2.71. The van der Waals surface area contributed by atoms with Gasteiger partial charge in [0.25, 0.3) is 0 Å². The molecule has 0 bridgehead atoms. The lowest BCUT2D eigenvalue weighted by molar-refractivity contribution is 0.0696. The number of dihydropyridines is 1. The zero-order valence-corrected chi connectivity index (χ0v) is 11.9. The Kier molecular flexibility index (Phi) is 3.71. The molecule has 3 rings (SSSR count). The highest BCUT2D eigenvalue weighted by molar-refractivity contribution is 6.39. The molecule has 0 spiro atoms. The van der Waals surface area contributed by atoms with Crippen LogP contribution in [-0.2, 0) is 6.42 Å². The average molecular weight is 301 g/mol. The number of halogens is 1. The second kappa shape index (κ2) is 5.66. The molecule has 1 aliphatic carbocycles. The predicted molar refractivity (Wildman–Crippen MR) is 81.6 cm³/mol. The second-order valence-corrected chi connectivity index (χ2v) is 5.49. The number of nitrogens with zero attached hydrogens (tertiary/aromatic N) is 2. The summed E-state index contributed by atoms with van der Waals surface area (Å²) in [5.41, 5.74) is 3.22. The average Bonchev–Trinajstić information content (AvgIpc) is 2.47. The molecule has 0 radical (unpaired) electrons. The molecule has 4 nitrogen and oxygen atoms in total. The van der Waals surface area contributed by atoms with Gasteiger partial charge in [-0.05, 0) is 24.6 Å². The monoisotopic (exact) mass is 300 g/mol. The number of allylic oxidation sites excluding steroid dienone is 5. The first-order chi connectivity index (χ1) is 10.1. The van der Waals surface area contributed by atoms with Gasteiger partial charge in [0, 0.05) is 36.1 Å². The summed E-state index contributed by atoms with van der Waals surface area (Å²) < 4.78 is 0. The highest BCUT2D eigenvalue weighted by Crippen LogP contribution is 2.32. The van der Waals surface area contributed by atoms with E-state index in [-0.39, 0.29) is 11.5 Å². The van der Waals surface area contributed by atoms with Gasteiger partial charge in [-0.15, -0.1) is 0 Å². The van der Waals surface area contributed by atoms with Crippen LogP contribution in [0.25, 0.3) is 0 Å². The lowest BCUT2D eigenvalue weighted by Gasteiger charge is -2.22. The minimum absolute atomic E-state index is 0.199. The van der Waals surface area contributed by atoms with E-state index in [1.807, 2.05) is 18.2 Å². The van der Waals surface area contributed by atoms with Crippen LogP contribution < -0.4 is 0 Å². The summed E-state index contributed by atoms with van der Waals surface area (Å²) in [5.74, 6) is -0.736. The van der Waals surface area contributed by atoms with Crippen molar-refractivity contribution in [3.8, 4) is 0 Å². The summed E-state index contributed by atoms with van der Waals surface area (Å²) >= 11 is 5.99. The number of hydrogen-bond acceptors (Lipinski definition) is 3. The van der Waals surface area contributed by atoms with E-state index in [9.17, 15) is 4.79 Å². The Morgan fingerprint density at radius 3 is 3.10 bits per heavy atom. The summed E-state index contributed by atoms with van der Waals surface area (Å²) in [5, 5.41) is 9.67. The van der Waals surface area contributed by atoms with Gasteiger partial charge in [-0.25, -0.2) is 4.79 Å². The van der Waals surface area contributed by atoms with Crippen LogP contribution in [0.3, 0.4) is 0 Å². The third kappa shape index (κ3) is 3.11. The van der Waals surface area contributed by atoms with Crippen molar-refractivity contribution in [2.75, 3.05) is 0 Å². The summed E-state index contributed by atoms with van der Waals surface area (Å²) in [4.78, 5) is 19.5. The molecule has 1 aliphatic heterocycles. The standard InChI is InChI=1S/C16H13ClN2O2/c17-13-7-12-5-10(1-2-15(12)19-9-13)6-14-8-11(16(20)21)3-4-18-14/h1-4,7-9,12H,5-6H2,(H,20,21). The van der Waals surface area contributed by atoms with E-state index in [1.165, 1.54) is 17.8 Å². The molecule has 1 aromatic heterocycles. The van der Waals surface area contributed by atoms with Gasteiger partial charge in [-0.1, -0.05) is 29.3 Å². The molecule has 1 atom stereocenters. The lowest BCUT2D eigenvalue weighted by atomic mass is 9.88. The molecule has 5 heteroatoms. The minimum atomic E-state index is -0.935. The maximum atomic E-state index is 11.0. The Morgan fingerprint density at radius 2 is 2.29 bits per heavy atom. The maximum Gasteiger partial charge on any atom is 0.335 e. The smallest absolute Gasteiger partial charge is 0.335 e. The van der Waals surface area contributed by atoms with E-state index in [4.69, 9.17) is 16.7 Å². The molecule has 2 aliphatic rings. The Balaban J connectivity index is 1.79. The second-order valence-electron chi connectivity index (χ2n) is 5.05. The van der Waals surface area contributed by atoms with E-state index in [0.29, 0.717) is 11.5 Å². The SMILES string of the molecule is O=C(O)c1ccnc(CC2=CC=C3N=CC(Cl)=CC3C2)c1. The molecule has 0 aromatic carbocycles. The van der Waals surface area contributed by atoms with E-state index in [2.05, 4.69) is 9.98 Å². The van der Waals surface area contributed by atoms with E-state index < -0.39 is 5.97 Å². The lowest BCUT2D eigenvalue weighted by Crippen LogP contribution is -2.11. The fraction of sp³-hybridized carbons (Fsp3) is 0.188. The van der Waals surface area contributed by atoms with Gasteiger partial charge in [0.15, 0.2) is 0 Å². The van der Waals surface area contributed by atoms with Gasteiger partial charge < -0.3 is 5.11 Å². The van der Waals surface area contributed by atoms with Crippen molar-refractivity contribution in [3.63, 3.8) is 0 Å². The van der Waals surface area contributed by atoms with Crippen molar-refractivity contribution < 1.29 is 9.90 Å². The van der Waals surface area contributed by atoms with Gasteiger partial charge in [-0.3, -0.25) is 9.98 Å². The van der Waals surface area contributed by atoms with Crippen molar-refractivity contribution in [1.82, 2.24) is 4.98 Å². The molecule has 2 heterocycles. The topological polar surface area (TPSA) is 62.5 Å². The molecule has 0 amide bonds. The minimum Gasteiger partial charge on any atom is -0.478 e. The van der Waals surface area contributed by atoms with Crippen molar-refractivity contribution in [2.24, 2.45) is 10.9 Å². The molecule has 106 valence electrons. The van der Waals surface area contributed by atoms with E-state index >= 15 is 0 Å². The predicted octanol–water partition coefficient (Wildman–Crippen LogP) is 3.36. The maximum absolute atomic E-state index is 11.0. The number of hydrogen-bond donors (Lipinski definition) is 1. The van der Waals surface area contributed by atoms with Crippen LogP contribution in [0.15, 0.2) is 57.9 Å². The Labute approximate surface area is 127 Å². The molecule has 1 unspecified atom stereocenters. The largest absolute Gasteiger partial charge is 0.478 e. The quantitative estimate of drug-likeness (QED) is 0.931. The van der Waals surface area contributed by atoms with E-state index in [1.54, 1.807) is 12.3 Å². The molecular weight excluding hydrogens is 288 g/mol. The van der Waals surface area contributed by atoms with Crippen LogP contribution >= 0.6 is 11.6 Å². The van der Waals surface area contributed by atoms with Crippen LogP contribution in [0.5, 0.6) is 0 Å². The highest BCUT2D eigenvalue weighted by atomic mass is 35.5. The number of carbonyl (C=O) groups is 1. The highest BCUT2D eigenvalue weighted by Gasteiger charge is 2.20. The van der Waals surface area contributed by atoms with E-state index in [0.717, 1.165) is 17.8 Å². The van der Waals surface area contributed by atoms with Gasteiger partial charge in [0.1, 0.15) is 0 Å². The summed E-state index contributed by atoms with van der Waals surface area (Å²) in [6.07, 6.45) is 10.7. The summed E-state index contributed by atoms with van der Waals surface area (Å²) in [6, 6.07) is 3.11. The van der Waals surface area contributed by atoms with Crippen molar-refractivity contribution in [2.45, 2.75) is 12.8 Å². The molecule has 1 N–H and O–H groups in total. The zero-order chi connectivity index (χ0) is 14.8. The molecule has 0 saturated heterocycles. The first-order valence-electron chi connectivity index (χ1n) is 6.61. The zero-order valence-electron chi connectivity index (χ0n) is 11.2. The number of aromatic carboxylic acids is 1.